The van der Waals surface area contributed by atoms with E-state index in [-0.39, 0.29) is 18.9 Å². The van der Waals surface area contributed by atoms with Gasteiger partial charge in [-0.3, -0.25) is 9.69 Å². The van der Waals surface area contributed by atoms with Crippen molar-refractivity contribution in [3.8, 4) is 0 Å². The molecule has 0 saturated carbocycles. The van der Waals surface area contributed by atoms with Crippen LogP contribution in [0.1, 0.15) is 20.8 Å². The van der Waals surface area contributed by atoms with E-state index in [1.54, 1.807) is 11.0 Å². The molecule has 1 saturated heterocycles. The molecule has 1 aliphatic heterocycles. The smallest absolute Gasteiger partial charge is 0.272 e. The summed E-state index contributed by atoms with van der Waals surface area (Å²) in [5.41, 5.74) is 0. The van der Waals surface area contributed by atoms with Crippen LogP contribution in [0.3, 0.4) is 0 Å². The zero-order chi connectivity index (χ0) is 11.2. The molecule has 0 bridgehead atoms. The first kappa shape index (κ1) is 13.2. The van der Waals surface area contributed by atoms with Gasteiger partial charge in [0.05, 0.1) is 13.1 Å². The number of carbonyl (C=O) groups excluding carboxylic acids is 1. The van der Waals surface area contributed by atoms with E-state index in [4.69, 9.17) is 0 Å². The molecule has 2 nitrogen and oxygen atoms in total. The third-order valence-electron chi connectivity index (χ3n) is 1.63. The third kappa shape index (κ3) is 5.07. The second-order valence-electron chi connectivity index (χ2n) is 3.04. The van der Waals surface area contributed by atoms with Gasteiger partial charge in [-0.1, -0.05) is 19.9 Å². The number of hydrogen-bond acceptors (Lipinski definition) is 2. The molecule has 0 aliphatic carbocycles. The van der Waals surface area contributed by atoms with E-state index in [2.05, 4.69) is 0 Å². The number of halogens is 2. The van der Waals surface area contributed by atoms with Gasteiger partial charge in [-0.05, 0) is 13.0 Å². The Morgan fingerprint density at radius 2 is 1.93 bits per heavy atom. The average molecular weight is 205 g/mol. The van der Waals surface area contributed by atoms with Crippen LogP contribution in [-0.2, 0) is 4.79 Å². The molecule has 0 amide bonds. The lowest BCUT2D eigenvalue weighted by Crippen LogP contribution is -2.55. The van der Waals surface area contributed by atoms with Crippen molar-refractivity contribution >= 4 is 5.78 Å². The van der Waals surface area contributed by atoms with Gasteiger partial charge in [-0.15, -0.1) is 0 Å². The lowest BCUT2D eigenvalue weighted by atomic mass is 10.1. The van der Waals surface area contributed by atoms with E-state index < -0.39 is 5.92 Å². The van der Waals surface area contributed by atoms with Gasteiger partial charge in [-0.2, -0.15) is 0 Å². The summed E-state index contributed by atoms with van der Waals surface area (Å²) < 4.78 is 24.5. The number of alkyl halides is 2. The molecule has 82 valence electrons. The fourth-order valence-electron chi connectivity index (χ4n) is 1.10. The molecule has 4 heteroatoms. The normalized spacial score (nSPS) is 19.8. The zero-order valence-corrected chi connectivity index (χ0v) is 8.89. The molecule has 1 aliphatic rings. The van der Waals surface area contributed by atoms with Gasteiger partial charge in [-0.25, -0.2) is 8.78 Å². The Bertz CT molecular complexity index is 206. The lowest BCUT2D eigenvalue weighted by molar-refractivity contribution is -0.125. The standard InChI is InChI=1S/C8H11F2NO.C2H6/c1-7(12)3-2-4-11-5-8(9,10)6-11;1-2/h2-3H,4-6H2,1H3;1-2H3/b3-2+;. The molecule has 0 atom stereocenters. The average Bonchev–Trinajstić information content (AvgIpc) is 2.04. The van der Waals surface area contributed by atoms with Gasteiger partial charge < -0.3 is 0 Å². The number of ketones is 1. The van der Waals surface area contributed by atoms with E-state index in [1.807, 2.05) is 13.8 Å². The van der Waals surface area contributed by atoms with Gasteiger partial charge in [0.25, 0.3) is 5.92 Å². The van der Waals surface area contributed by atoms with Crippen LogP contribution in [0, 0.1) is 0 Å². The molecule has 0 unspecified atom stereocenters. The summed E-state index contributed by atoms with van der Waals surface area (Å²) >= 11 is 0. The molecule has 1 heterocycles. The van der Waals surface area contributed by atoms with Crippen LogP contribution in [0.4, 0.5) is 8.78 Å². The van der Waals surface area contributed by atoms with Crippen molar-refractivity contribution in [2.24, 2.45) is 0 Å². The Morgan fingerprint density at radius 1 is 1.43 bits per heavy atom. The quantitative estimate of drug-likeness (QED) is 0.658. The van der Waals surface area contributed by atoms with Crippen LogP contribution < -0.4 is 0 Å². The Labute approximate surface area is 83.6 Å². The summed E-state index contributed by atoms with van der Waals surface area (Å²) in [6.45, 7) is 5.50. The fourth-order valence-corrected chi connectivity index (χ4v) is 1.10. The maximum Gasteiger partial charge on any atom is 0.272 e. The molecular weight excluding hydrogens is 188 g/mol. The second kappa shape index (κ2) is 5.86. The lowest BCUT2D eigenvalue weighted by Gasteiger charge is -2.37. The molecule has 1 rings (SSSR count). The molecular formula is C10H17F2NO. The van der Waals surface area contributed by atoms with Gasteiger partial charge in [0.15, 0.2) is 5.78 Å². The molecule has 0 aromatic carbocycles. The molecule has 1 fully saturated rings. The molecule has 0 radical (unpaired) electrons. The highest BCUT2D eigenvalue weighted by Crippen LogP contribution is 2.25. The zero-order valence-electron chi connectivity index (χ0n) is 8.89. The van der Waals surface area contributed by atoms with Crippen LogP contribution in [0.15, 0.2) is 12.2 Å². The van der Waals surface area contributed by atoms with Crippen LogP contribution in [0.2, 0.25) is 0 Å². The first-order valence-electron chi connectivity index (χ1n) is 4.77. The first-order valence-corrected chi connectivity index (χ1v) is 4.77. The summed E-state index contributed by atoms with van der Waals surface area (Å²) in [5.74, 6) is -2.56. The maximum atomic E-state index is 12.2. The maximum absolute atomic E-state index is 12.2. The molecule has 0 aromatic heterocycles. The highest BCUT2D eigenvalue weighted by Gasteiger charge is 2.42. The van der Waals surface area contributed by atoms with Crippen LogP contribution >= 0.6 is 0 Å². The predicted octanol–water partition coefficient (Wildman–Crippen LogP) is 2.11. The summed E-state index contributed by atoms with van der Waals surface area (Å²) in [6, 6.07) is 0. The van der Waals surface area contributed by atoms with E-state index in [9.17, 15) is 13.6 Å². The Balaban J connectivity index is 0.000000791. The van der Waals surface area contributed by atoms with Crippen molar-refractivity contribution in [2.75, 3.05) is 19.6 Å². The topological polar surface area (TPSA) is 20.3 Å². The van der Waals surface area contributed by atoms with Gasteiger partial charge in [0.2, 0.25) is 0 Å². The summed E-state index contributed by atoms with van der Waals surface area (Å²) in [4.78, 5) is 12.0. The largest absolute Gasteiger partial charge is 0.295 e. The SMILES string of the molecule is CC.CC(=O)/C=C/CN1CC(F)(F)C1. The van der Waals surface area contributed by atoms with E-state index >= 15 is 0 Å². The van der Waals surface area contributed by atoms with Crippen molar-refractivity contribution in [1.82, 2.24) is 4.90 Å². The highest BCUT2D eigenvalue weighted by atomic mass is 19.3. The van der Waals surface area contributed by atoms with Gasteiger partial charge in [0, 0.05) is 6.54 Å². The number of likely N-dealkylation sites (tertiary alicyclic amines) is 1. The van der Waals surface area contributed by atoms with Gasteiger partial charge >= 0.3 is 0 Å². The minimum Gasteiger partial charge on any atom is -0.295 e. The summed E-state index contributed by atoms with van der Waals surface area (Å²) in [7, 11) is 0. The second-order valence-corrected chi connectivity index (χ2v) is 3.04. The molecule has 0 spiro atoms. The monoisotopic (exact) mass is 205 g/mol. The number of rotatable bonds is 3. The van der Waals surface area contributed by atoms with Crippen LogP contribution in [0.25, 0.3) is 0 Å². The van der Waals surface area contributed by atoms with Crippen molar-refractivity contribution in [3.63, 3.8) is 0 Å². The predicted molar refractivity (Wildman–Crippen MR) is 52.6 cm³/mol. The van der Waals surface area contributed by atoms with Crippen molar-refractivity contribution in [2.45, 2.75) is 26.7 Å². The molecule has 14 heavy (non-hydrogen) atoms. The number of allylic oxidation sites excluding steroid dienone is 1. The van der Waals surface area contributed by atoms with Gasteiger partial charge in [0.1, 0.15) is 0 Å². The number of hydrogen-bond donors (Lipinski definition) is 0. The third-order valence-corrected chi connectivity index (χ3v) is 1.63. The Morgan fingerprint density at radius 3 is 2.29 bits per heavy atom. The Hall–Kier alpha value is -0.770. The van der Waals surface area contributed by atoms with Crippen molar-refractivity contribution in [3.05, 3.63) is 12.2 Å². The van der Waals surface area contributed by atoms with Crippen LogP contribution in [-0.4, -0.2) is 36.2 Å². The fraction of sp³-hybridized carbons (Fsp3) is 0.700. The minimum absolute atomic E-state index is 0.0534. The van der Waals surface area contributed by atoms with Crippen molar-refractivity contribution in [1.29, 1.82) is 0 Å². The minimum atomic E-state index is -2.51. The molecule has 0 N–H and O–H groups in total. The molecule has 0 aromatic rings. The van der Waals surface area contributed by atoms with E-state index in [0.29, 0.717) is 6.54 Å². The number of carbonyl (C=O) groups is 1. The Kier molecular flexibility index (Phi) is 5.53. The van der Waals surface area contributed by atoms with E-state index in [1.165, 1.54) is 13.0 Å². The number of nitrogens with zero attached hydrogens (tertiary/aromatic N) is 1. The highest BCUT2D eigenvalue weighted by molar-refractivity contribution is 5.87. The van der Waals surface area contributed by atoms with E-state index in [0.717, 1.165) is 0 Å². The van der Waals surface area contributed by atoms with Crippen LogP contribution in [0.5, 0.6) is 0 Å². The summed E-state index contributed by atoms with van der Waals surface area (Å²) in [6.07, 6.45) is 3.01. The van der Waals surface area contributed by atoms with Crippen molar-refractivity contribution < 1.29 is 13.6 Å². The first-order chi connectivity index (χ1) is 6.49. The summed E-state index contributed by atoms with van der Waals surface area (Å²) in [5, 5.41) is 0.